The van der Waals surface area contributed by atoms with Crippen LogP contribution in [0.3, 0.4) is 0 Å². The van der Waals surface area contributed by atoms with Crippen LogP contribution in [0, 0.1) is 5.92 Å². The number of carbonyl (C=O) groups excluding carboxylic acids is 1. The molecule has 5 N–H and O–H groups in total. The Hall–Kier alpha value is -2.16. The minimum absolute atomic E-state index is 0.111. The highest BCUT2D eigenvalue weighted by Gasteiger charge is 2.28. The summed E-state index contributed by atoms with van der Waals surface area (Å²) in [6, 6.07) is 0.160. The molecule has 0 saturated heterocycles. The molecule has 1 aliphatic carbocycles. The number of aromatic nitrogens is 3. The Morgan fingerprint density at radius 2 is 2.05 bits per heavy atom. The van der Waals surface area contributed by atoms with Crippen LogP contribution in [0.15, 0.2) is 0 Å². The number of carbonyl (C=O) groups is 1. The second kappa shape index (κ2) is 6.14. The lowest BCUT2D eigenvalue weighted by Crippen LogP contribution is -2.30. The Labute approximate surface area is 110 Å². The number of nitrogens with zero attached hydrogens (tertiary/aromatic N) is 3. The maximum atomic E-state index is 11.4. The zero-order valence-electron chi connectivity index (χ0n) is 10.6. The van der Waals surface area contributed by atoms with Crippen LogP contribution in [-0.2, 0) is 4.79 Å². The summed E-state index contributed by atoms with van der Waals surface area (Å²) in [5.41, 5.74) is 2.32. The number of nitrogens with two attached hydrogens (primary N) is 1. The molecule has 1 aromatic rings. The van der Waals surface area contributed by atoms with Crippen LogP contribution in [0.5, 0.6) is 6.01 Å². The molecule has 0 unspecified atom stereocenters. The molecule has 0 atom stereocenters. The molecule has 19 heavy (non-hydrogen) atoms. The number of ether oxygens (including phenoxy) is 1. The molecule has 1 amide bonds. The lowest BCUT2D eigenvalue weighted by atomic mass is 10.4. The molecular formula is C10H17N7O2. The van der Waals surface area contributed by atoms with E-state index in [4.69, 9.17) is 10.6 Å². The summed E-state index contributed by atoms with van der Waals surface area (Å²) in [6.45, 7) is 1.02. The number of anilines is 2. The van der Waals surface area contributed by atoms with Crippen molar-refractivity contribution in [2.24, 2.45) is 11.8 Å². The predicted octanol–water partition coefficient (Wildman–Crippen LogP) is -0.896. The molecule has 9 heteroatoms. The Morgan fingerprint density at radius 1 is 1.32 bits per heavy atom. The number of amides is 1. The van der Waals surface area contributed by atoms with E-state index in [9.17, 15) is 4.79 Å². The van der Waals surface area contributed by atoms with Crippen LogP contribution in [0.2, 0.25) is 0 Å². The molecule has 0 bridgehead atoms. The Balaban J connectivity index is 1.79. The SMILES string of the molecule is COc1nc(NN)nc(NCCNC(=O)C2CC2)n1. The smallest absolute Gasteiger partial charge is 0.322 e. The van der Waals surface area contributed by atoms with Crippen LogP contribution < -0.4 is 26.6 Å². The monoisotopic (exact) mass is 267 g/mol. The standard InChI is InChI=1S/C10H17N7O2/c1-19-10-15-8(14-9(16-10)17-11)13-5-4-12-7(18)6-2-3-6/h6H,2-5,11H2,1H3,(H,12,18)(H2,13,14,15,16,17). The van der Waals surface area contributed by atoms with Crippen LogP contribution >= 0.6 is 0 Å². The lowest BCUT2D eigenvalue weighted by molar-refractivity contribution is -0.122. The van der Waals surface area contributed by atoms with E-state index in [1.807, 2.05) is 0 Å². The van der Waals surface area contributed by atoms with Crippen molar-refractivity contribution in [3.63, 3.8) is 0 Å². The topological polar surface area (TPSA) is 127 Å². The largest absolute Gasteiger partial charge is 0.467 e. The Morgan fingerprint density at radius 3 is 2.68 bits per heavy atom. The van der Waals surface area contributed by atoms with Gasteiger partial charge in [0.1, 0.15) is 0 Å². The first-order chi connectivity index (χ1) is 9.22. The fourth-order valence-corrected chi connectivity index (χ4v) is 1.44. The molecule has 1 aliphatic rings. The molecule has 1 fully saturated rings. The molecule has 9 nitrogen and oxygen atoms in total. The van der Waals surface area contributed by atoms with Gasteiger partial charge in [0.15, 0.2) is 0 Å². The summed E-state index contributed by atoms with van der Waals surface area (Å²) < 4.78 is 4.91. The molecular weight excluding hydrogens is 250 g/mol. The van der Waals surface area contributed by atoms with Crippen molar-refractivity contribution in [2.75, 3.05) is 30.9 Å². The number of methoxy groups -OCH3 is 1. The number of hydrazine groups is 1. The van der Waals surface area contributed by atoms with Gasteiger partial charge in [0.2, 0.25) is 17.8 Å². The van der Waals surface area contributed by atoms with Crippen LogP contribution in [-0.4, -0.2) is 41.1 Å². The fraction of sp³-hybridized carbons (Fsp3) is 0.600. The first kappa shape index (κ1) is 13.3. The van der Waals surface area contributed by atoms with Crippen molar-refractivity contribution < 1.29 is 9.53 Å². The van der Waals surface area contributed by atoms with Gasteiger partial charge >= 0.3 is 6.01 Å². The number of rotatable bonds is 7. The third-order valence-electron chi connectivity index (χ3n) is 2.58. The van der Waals surface area contributed by atoms with Gasteiger partial charge in [-0.05, 0) is 12.8 Å². The Bertz CT molecular complexity index is 427. The first-order valence-corrected chi connectivity index (χ1v) is 6.01. The summed E-state index contributed by atoms with van der Waals surface area (Å²) >= 11 is 0. The average molecular weight is 267 g/mol. The van der Waals surface area contributed by atoms with Crippen molar-refractivity contribution in [1.82, 2.24) is 20.3 Å². The zero-order valence-corrected chi connectivity index (χ0v) is 10.6. The summed E-state index contributed by atoms with van der Waals surface area (Å²) in [4.78, 5) is 23.3. The molecule has 104 valence electrons. The summed E-state index contributed by atoms with van der Waals surface area (Å²) in [7, 11) is 1.45. The van der Waals surface area contributed by atoms with Crippen molar-refractivity contribution in [1.29, 1.82) is 0 Å². The Kier molecular flexibility index (Phi) is 4.29. The fourth-order valence-electron chi connectivity index (χ4n) is 1.44. The van der Waals surface area contributed by atoms with Crippen LogP contribution in [0.1, 0.15) is 12.8 Å². The predicted molar refractivity (Wildman–Crippen MR) is 68.4 cm³/mol. The van der Waals surface area contributed by atoms with E-state index < -0.39 is 0 Å². The van der Waals surface area contributed by atoms with Gasteiger partial charge in [-0.3, -0.25) is 10.2 Å². The first-order valence-electron chi connectivity index (χ1n) is 6.01. The van der Waals surface area contributed by atoms with E-state index in [1.54, 1.807) is 0 Å². The second-order valence-electron chi connectivity index (χ2n) is 4.11. The van der Waals surface area contributed by atoms with Crippen molar-refractivity contribution in [3.05, 3.63) is 0 Å². The summed E-state index contributed by atoms with van der Waals surface area (Å²) in [5.74, 6) is 6.10. The second-order valence-corrected chi connectivity index (χ2v) is 4.11. The molecule has 0 radical (unpaired) electrons. The third kappa shape index (κ3) is 3.91. The van der Waals surface area contributed by atoms with Crippen LogP contribution in [0.25, 0.3) is 0 Å². The normalized spacial score (nSPS) is 13.8. The maximum Gasteiger partial charge on any atom is 0.322 e. The van der Waals surface area contributed by atoms with E-state index in [2.05, 4.69) is 31.0 Å². The van der Waals surface area contributed by atoms with Crippen LogP contribution in [0.4, 0.5) is 11.9 Å². The van der Waals surface area contributed by atoms with Gasteiger partial charge in [0, 0.05) is 19.0 Å². The maximum absolute atomic E-state index is 11.4. The minimum atomic E-state index is 0.111. The van der Waals surface area contributed by atoms with Gasteiger partial charge in [0.25, 0.3) is 0 Å². The number of nitrogens with one attached hydrogen (secondary N) is 3. The van der Waals surface area contributed by atoms with Gasteiger partial charge in [-0.1, -0.05) is 0 Å². The molecule has 2 rings (SSSR count). The van der Waals surface area contributed by atoms with Gasteiger partial charge in [0.05, 0.1) is 7.11 Å². The van der Waals surface area contributed by atoms with E-state index in [0.29, 0.717) is 19.0 Å². The van der Waals surface area contributed by atoms with Gasteiger partial charge in [-0.15, -0.1) is 0 Å². The quantitative estimate of drug-likeness (QED) is 0.284. The highest BCUT2D eigenvalue weighted by atomic mass is 16.5. The number of nitrogen functional groups attached to an aromatic ring is 1. The highest BCUT2D eigenvalue weighted by molar-refractivity contribution is 5.80. The molecule has 1 aromatic heterocycles. The lowest BCUT2D eigenvalue weighted by Gasteiger charge is -2.08. The number of hydrogen-bond donors (Lipinski definition) is 4. The van der Waals surface area contributed by atoms with E-state index in [1.165, 1.54) is 7.11 Å². The van der Waals surface area contributed by atoms with E-state index in [-0.39, 0.29) is 23.8 Å². The summed E-state index contributed by atoms with van der Waals surface area (Å²) in [6.07, 6.45) is 1.99. The zero-order chi connectivity index (χ0) is 13.7. The molecule has 0 spiro atoms. The van der Waals surface area contributed by atoms with Gasteiger partial charge in [-0.2, -0.15) is 15.0 Å². The van der Waals surface area contributed by atoms with Crippen molar-refractivity contribution in [2.45, 2.75) is 12.8 Å². The average Bonchev–Trinajstić information content (AvgIpc) is 3.27. The van der Waals surface area contributed by atoms with Crippen molar-refractivity contribution >= 4 is 17.8 Å². The molecule has 1 heterocycles. The van der Waals surface area contributed by atoms with Crippen molar-refractivity contribution in [3.8, 4) is 6.01 Å². The molecule has 1 saturated carbocycles. The van der Waals surface area contributed by atoms with Gasteiger partial charge in [-0.25, -0.2) is 5.84 Å². The highest BCUT2D eigenvalue weighted by Crippen LogP contribution is 2.28. The van der Waals surface area contributed by atoms with E-state index >= 15 is 0 Å². The molecule has 0 aliphatic heterocycles. The van der Waals surface area contributed by atoms with E-state index in [0.717, 1.165) is 12.8 Å². The number of hydrogen-bond acceptors (Lipinski definition) is 8. The third-order valence-corrected chi connectivity index (χ3v) is 2.58. The van der Waals surface area contributed by atoms with Gasteiger partial charge < -0.3 is 15.4 Å². The molecule has 0 aromatic carbocycles. The minimum Gasteiger partial charge on any atom is -0.467 e. The summed E-state index contributed by atoms with van der Waals surface area (Å²) in [5, 5.41) is 5.78.